The molecule has 1 fully saturated rings. The van der Waals surface area contributed by atoms with Crippen LogP contribution in [0.4, 0.5) is 0 Å². The van der Waals surface area contributed by atoms with Crippen LogP contribution in [0.5, 0.6) is 0 Å². The van der Waals surface area contributed by atoms with E-state index < -0.39 is 0 Å². The summed E-state index contributed by atoms with van der Waals surface area (Å²) < 4.78 is 7.60. The first kappa shape index (κ1) is 15.7. The molecule has 2 heterocycles. The largest absolute Gasteiger partial charge is 0.373 e. The van der Waals surface area contributed by atoms with E-state index in [4.69, 9.17) is 4.74 Å². The Balaban J connectivity index is 1.51. The van der Waals surface area contributed by atoms with Gasteiger partial charge in [-0.05, 0) is 49.9 Å². The normalized spacial score (nSPS) is 21.1. The van der Waals surface area contributed by atoms with Gasteiger partial charge in [-0.1, -0.05) is 12.1 Å². The number of carbonyl (C=O) groups is 1. The zero-order chi connectivity index (χ0) is 16.1. The number of nitrogens with one attached hydrogen (secondary N) is 1. The van der Waals surface area contributed by atoms with Gasteiger partial charge in [0.15, 0.2) is 0 Å². The number of hydrogen-bond acceptors (Lipinski definition) is 3. The lowest BCUT2D eigenvalue weighted by molar-refractivity contribution is -0.123. The van der Waals surface area contributed by atoms with Gasteiger partial charge in [-0.3, -0.25) is 4.79 Å². The lowest BCUT2D eigenvalue weighted by Gasteiger charge is -2.33. The number of amides is 1. The molecule has 23 heavy (non-hydrogen) atoms. The minimum atomic E-state index is -0.210. The van der Waals surface area contributed by atoms with Gasteiger partial charge in [-0.15, -0.1) is 0 Å². The Hall–Kier alpha value is -2.14. The fourth-order valence-electron chi connectivity index (χ4n) is 2.85. The Morgan fingerprint density at radius 3 is 2.83 bits per heavy atom. The van der Waals surface area contributed by atoms with Crippen molar-refractivity contribution in [3.05, 3.63) is 48.3 Å². The Morgan fingerprint density at radius 2 is 2.17 bits per heavy atom. The Morgan fingerprint density at radius 1 is 1.35 bits per heavy atom. The SMILES string of the molecule is CC1(CNC(=O)Cc2ccc(-n3cccn3)cc2)CCCCO1. The third kappa shape index (κ3) is 4.20. The number of aromatic nitrogens is 2. The molecule has 0 aliphatic carbocycles. The fourth-order valence-corrected chi connectivity index (χ4v) is 2.85. The van der Waals surface area contributed by atoms with Crippen molar-refractivity contribution in [1.82, 2.24) is 15.1 Å². The molecule has 0 radical (unpaired) electrons. The second-order valence-corrected chi connectivity index (χ2v) is 6.33. The number of rotatable bonds is 5. The topological polar surface area (TPSA) is 56.2 Å². The molecule has 0 spiro atoms. The van der Waals surface area contributed by atoms with Gasteiger partial charge in [0.1, 0.15) is 0 Å². The highest BCUT2D eigenvalue weighted by atomic mass is 16.5. The van der Waals surface area contributed by atoms with E-state index in [0.717, 1.165) is 30.7 Å². The van der Waals surface area contributed by atoms with Crippen molar-refractivity contribution in [1.29, 1.82) is 0 Å². The summed E-state index contributed by atoms with van der Waals surface area (Å²) in [7, 11) is 0. The summed E-state index contributed by atoms with van der Waals surface area (Å²) >= 11 is 0. The van der Waals surface area contributed by atoms with Crippen LogP contribution in [0.1, 0.15) is 31.7 Å². The first-order valence-corrected chi connectivity index (χ1v) is 8.14. The Kier molecular flexibility index (Phi) is 4.76. The van der Waals surface area contributed by atoms with Crippen molar-refractivity contribution in [3.63, 3.8) is 0 Å². The van der Waals surface area contributed by atoms with Crippen LogP contribution in [0, 0.1) is 0 Å². The van der Waals surface area contributed by atoms with Crippen molar-refractivity contribution in [2.75, 3.05) is 13.2 Å². The van der Waals surface area contributed by atoms with Gasteiger partial charge in [0.2, 0.25) is 5.91 Å². The van der Waals surface area contributed by atoms with Crippen molar-refractivity contribution in [2.24, 2.45) is 0 Å². The third-order valence-corrected chi connectivity index (χ3v) is 4.28. The minimum absolute atomic E-state index is 0.0345. The molecule has 1 aromatic heterocycles. The quantitative estimate of drug-likeness (QED) is 0.922. The second-order valence-electron chi connectivity index (χ2n) is 6.33. The molecule has 1 aliphatic heterocycles. The molecular weight excluding hydrogens is 290 g/mol. The average molecular weight is 313 g/mol. The second kappa shape index (κ2) is 6.96. The van der Waals surface area contributed by atoms with E-state index >= 15 is 0 Å². The summed E-state index contributed by atoms with van der Waals surface area (Å²) in [6.07, 6.45) is 7.32. The monoisotopic (exact) mass is 313 g/mol. The van der Waals surface area contributed by atoms with Gasteiger partial charge in [0, 0.05) is 25.5 Å². The lowest BCUT2D eigenvalue weighted by Crippen LogP contribution is -2.45. The average Bonchev–Trinajstić information content (AvgIpc) is 3.09. The molecule has 3 rings (SSSR count). The molecule has 5 nitrogen and oxygen atoms in total. The highest BCUT2D eigenvalue weighted by Gasteiger charge is 2.28. The first-order chi connectivity index (χ1) is 11.1. The number of hydrogen-bond donors (Lipinski definition) is 1. The van der Waals surface area contributed by atoms with Crippen LogP contribution in [-0.4, -0.2) is 34.4 Å². The number of benzene rings is 1. The Bertz CT molecular complexity index is 629. The number of carbonyl (C=O) groups excluding carboxylic acids is 1. The molecule has 0 bridgehead atoms. The summed E-state index contributed by atoms with van der Waals surface area (Å²) in [5, 5.41) is 7.19. The number of nitrogens with zero attached hydrogens (tertiary/aromatic N) is 2. The molecular formula is C18H23N3O2. The van der Waals surface area contributed by atoms with Crippen LogP contribution in [0.15, 0.2) is 42.7 Å². The van der Waals surface area contributed by atoms with Crippen molar-refractivity contribution < 1.29 is 9.53 Å². The van der Waals surface area contributed by atoms with Crippen LogP contribution in [0.2, 0.25) is 0 Å². The molecule has 1 atom stereocenters. The van der Waals surface area contributed by atoms with E-state index in [-0.39, 0.29) is 11.5 Å². The standard InChI is InChI=1S/C18H23N3O2/c1-18(9-2-3-12-23-18)14-19-17(22)13-15-5-7-16(8-6-15)21-11-4-10-20-21/h4-8,10-11H,2-3,9,12-14H2,1H3,(H,19,22). The van der Waals surface area contributed by atoms with Crippen molar-refractivity contribution in [2.45, 2.75) is 38.2 Å². The van der Waals surface area contributed by atoms with Gasteiger partial charge in [0.05, 0.1) is 17.7 Å². The van der Waals surface area contributed by atoms with Gasteiger partial charge >= 0.3 is 0 Å². The van der Waals surface area contributed by atoms with Gasteiger partial charge < -0.3 is 10.1 Å². The summed E-state index contributed by atoms with van der Waals surface area (Å²) in [5.41, 5.74) is 1.77. The van der Waals surface area contributed by atoms with E-state index in [2.05, 4.69) is 17.3 Å². The smallest absolute Gasteiger partial charge is 0.224 e. The minimum Gasteiger partial charge on any atom is -0.373 e. The van der Waals surface area contributed by atoms with Gasteiger partial charge in [-0.2, -0.15) is 5.10 Å². The van der Waals surface area contributed by atoms with Crippen LogP contribution in [-0.2, 0) is 16.0 Å². The zero-order valence-corrected chi connectivity index (χ0v) is 13.5. The maximum Gasteiger partial charge on any atom is 0.224 e. The molecule has 2 aromatic rings. The number of ether oxygens (including phenoxy) is 1. The summed E-state index contributed by atoms with van der Waals surface area (Å²) in [4.78, 5) is 12.1. The van der Waals surface area contributed by atoms with Crippen LogP contribution >= 0.6 is 0 Å². The molecule has 1 aromatic carbocycles. The van der Waals surface area contributed by atoms with E-state index in [1.165, 1.54) is 6.42 Å². The zero-order valence-electron chi connectivity index (χ0n) is 13.5. The van der Waals surface area contributed by atoms with Gasteiger partial charge in [-0.25, -0.2) is 4.68 Å². The van der Waals surface area contributed by atoms with E-state index in [1.54, 1.807) is 10.9 Å². The maximum absolute atomic E-state index is 12.1. The van der Waals surface area contributed by atoms with E-state index in [1.807, 2.05) is 36.5 Å². The van der Waals surface area contributed by atoms with E-state index in [9.17, 15) is 4.79 Å². The van der Waals surface area contributed by atoms with Crippen molar-refractivity contribution >= 4 is 5.91 Å². The summed E-state index contributed by atoms with van der Waals surface area (Å²) in [6, 6.07) is 9.77. The molecule has 1 N–H and O–H groups in total. The molecule has 1 unspecified atom stereocenters. The molecule has 1 aliphatic rings. The highest BCUT2D eigenvalue weighted by Crippen LogP contribution is 2.23. The highest BCUT2D eigenvalue weighted by molar-refractivity contribution is 5.78. The van der Waals surface area contributed by atoms with Crippen LogP contribution in [0.3, 0.4) is 0 Å². The molecule has 5 heteroatoms. The van der Waals surface area contributed by atoms with Crippen LogP contribution in [0.25, 0.3) is 5.69 Å². The molecule has 0 saturated carbocycles. The molecule has 1 amide bonds. The first-order valence-electron chi connectivity index (χ1n) is 8.14. The molecule has 122 valence electrons. The summed E-state index contributed by atoms with van der Waals surface area (Å²) in [5.74, 6) is 0.0345. The maximum atomic E-state index is 12.1. The predicted molar refractivity (Wildman–Crippen MR) is 88.5 cm³/mol. The summed E-state index contributed by atoms with van der Waals surface area (Å²) in [6.45, 7) is 3.45. The lowest BCUT2D eigenvalue weighted by atomic mass is 9.96. The Labute approximate surface area is 136 Å². The van der Waals surface area contributed by atoms with Crippen molar-refractivity contribution in [3.8, 4) is 5.69 Å². The molecule has 1 saturated heterocycles. The predicted octanol–water partition coefficient (Wildman–Crippen LogP) is 2.49. The fraction of sp³-hybridized carbons (Fsp3) is 0.444. The van der Waals surface area contributed by atoms with E-state index in [0.29, 0.717) is 13.0 Å². The van der Waals surface area contributed by atoms with Crippen LogP contribution < -0.4 is 5.32 Å². The third-order valence-electron chi connectivity index (χ3n) is 4.28. The van der Waals surface area contributed by atoms with Gasteiger partial charge in [0.25, 0.3) is 0 Å².